The van der Waals surface area contributed by atoms with Crippen LogP contribution in [-0.2, 0) is 11.2 Å². The number of benzene rings is 2. The van der Waals surface area contributed by atoms with Crippen molar-refractivity contribution in [2.45, 2.75) is 26.3 Å². The highest BCUT2D eigenvalue weighted by molar-refractivity contribution is 6.31. The summed E-state index contributed by atoms with van der Waals surface area (Å²) in [6.45, 7) is 5.22. The average Bonchev–Trinajstić information content (AvgIpc) is 2.55. The predicted octanol–water partition coefficient (Wildman–Crippen LogP) is 2.63. The molecule has 0 saturated carbocycles. The molecule has 0 saturated heterocycles. The van der Waals surface area contributed by atoms with Gasteiger partial charge in [0, 0.05) is 17.1 Å². The molecule has 3 nitrogen and oxygen atoms in total. The monoisotopic (exact) mass is 331 g/mol. The van der Waals surface area contributed by atoms with E-state index >= 15 is 0 Å². The number of amides is 1. The van der Waals surface area contributed by atoms with Crippen LogP contribution in [0, 0.1) is 6.92 Å². The molecule has 4 heteroatoms. The highest BCUT2D eigenvalue weighted by Gasteiger charge is 2.13. The van der Waals surface area contributed by atoms with Gasteiger partial charge in [-0.1, -0.05) is 54.1 Å². The van der Waals surface area contributed by atoms with Crippen molar-refractivity contribution in [2.24, 2.45) is 0 Å². The fourth-order valence-electron chi connectivity index (χ4n) is 2.55. The maximum absolute atomic E-state index is 12.0. The van der Waals surface area contributed by atoms with Crippen LogP contribution in [0.2, 0.25) is 5.02 Å². The fourth-order valence-corrected chi connectivity index (χ4v) is 2.86. The Morgan fingerprint density at radius 3 is 2.61 bits per heavy atom. The van der Waals surface area contributed by atoms with Crippen molar-refractivity contribution >= 4 is 17.5 Å². The topological polar surface area (TPSA) is 45.7 Å². The van der Waals surface area contributed by atoms with E-state index < -0.39 is 0 Å². The number of halogens is 1. The Bertz CT molecular complexity index is 657. The van der Waals surface area contributed by atoms with Crippen LogP contribution < -0.4 is 10.6 Å². The number of aryl methyl sites for hydroxylation is 1. The lowest BCUT2D eigenvalue weighted by molar-refractivity contribution is -0.682. The van der Waals surface area contributed by atoms with Crippen LogP contribution in [0.15, 0.2) is 48.5 Å². The summed E-state index contributed by atoms with van der Waals surface area (Å²) in [7, 11) is 0. The predicted molar refractivity (Wildman–Crippen MR) is 94.6 cm³/mol. The van der Waals surface area contributed by atoms with E-state index in [1.807, 2.05) is 41.7 Å². The van der Waals surface area contributed by atoms with Gasteiger partial charge in [-0.05, 0) is 37.5 Å². The number of hydrogen-bond acceptors (Lipinski definition) is 1. The second-order valence-electron chi connectivity index (χ2n) is 5.78. The molecule has 23 heavy (non-hydrogen) atoms. The molecule has 0 aliphatic heterocycles. The van der Waals surface area contributed by atoms with Gasteiger partial charge in [-0.15, -0.1) is 0 Å². The molecule has 1 atom stereocenters. The van der Waals surface area contributed by atoms with Gasteiger partial charge in [0.15, 0.2) is 6.54 Å². The molecule has 0 fully saturated rings. The van der Waals surface area contributed by atoms with E-state index in [2.05, 4.69) is 31.3 Å². The number of rotatable bonds is 7. The standard InChI is InChI=1S/C19H23ClN2O/c1-14-7-3-4-8-16(14)11-12-21-19(23)13-22-15(2)17-9-5-6-10-18(17)20/h3-10,15,22H,11-13H2,1-2H3,(H,21,23)/p+1/t15-/m0/s1. The quantitative estimate of drug-likeness (QED) is 0.805. The molecular formula is C19H24ClN2O+. The van der Waals surface area contributed by atoms with Gasteiger partial charge in [-0.2, -0.15) is 0 Å². The number of hydrogen-bond donors (Lipinski definition) is 2. The van der Waals surface area contributed by atoms with E-state index in [0.717, 1.165) is 17.0 Å². The SMILES string of the molecule is Cc1ccccc1CCNC(=O)C[NH2+][C@@H](C)c1ccccc1Cl. The minimum Gasteiger partial charge on any atom is -0.351 e. The minimum atomic E-state index is 0.0532. The highest BCUT2D eigenvalue weighted by atomic mass is 35.5. The molecule has 1 amide bonds. The van der Waals surface area contributed by atoms with E-state index in [4.69, 9.17) is 11.6 Å². The fraction of sp³-hybridized carbons (Fsp3) is 0.316. The summed E-state index contributed by atoms with van der Waals surface area (Å²) < 4.78 is 0. The van der Waals surface area contributed by atoms with E-state index in [1.165, 1.54) is 11.1 Å². The summed E-state index contributed by atoms with van der Waals surface area (Å²) in [6.07, 6.45) is 0.860. The first kappa shape index (κ1) is 17.5. The third-order valence-electron chi connectivity index (χ3n) is 4.03. The largest absolute Gasteiger partial charge is 0.351 e. The zero-order valence-electron chi connectivity index (χ0n) is 13.7. The highest BCUT2D eigenvalue weighted by Crippen LogP contribution is 2.19. The van der Waals surface area contributed by atoms with Crippen LogP contribution in [0.1, 0.15) is 29.7 Å². The van der Waals surface area contributed by atoms with Gasteiger partial charge in [0.25, 0.3) is 5.91 Å². The van der Waals surface area contributed by atoms with Crippen molar-refractivity contribution in [1.82, 2.24) is 5.32 Å². The van der Waals surface area contributed by atoms with E-state index in [0.29, 0.717) is 13.1 Å². The van der Waals surface area contributed by atoms with Gasteiger partial charge in [0.1, 0.15) is 6.04 Å². The summed E-state index contributed by atoms with van der Waals surface area (Å²) in [4.78, 5) is 12.0. The molecule has 0 aromatic heterocycles. The molecule has 3 N–H and O–H groups in total. The van der Waals surface area contributed by atoms with Gasteiger partial charge >= 0.3 is 0 Å². The van der Waals surface area contributed by atoms with Crippen LogP contribution in [0.3, 0.4) is 0 Å². The Balaban J connectivity index is 1.73. The smallest absolute Gasteiger partial charge is 0.275 e. The summed E-state index contributed by atoms with van der Waals surface area (Å²) in [6, 6.07) is 16.2. The van der Waals surface area contributed by atoms with E-state index in [1.54, 1.807) is 0 Å². The molecule has 0 unspecified atom stereocenters. The normalized spacial score (nSPS) is 12.0. The lowest BCUT2D eigenvalue weighted by atomic mass is 10.1. The summed E-state index contributed by atoms with van der Waals surface area (Å²) in [5.41, 5.74) is 3.60. The van der Waals surface area contributed by atoms with Crippen LogP contribution in [0.25, 0.3) is 0 Å². The maximum atomic E-state index is 12.0. The number of carbonyl (C=O) groups excluding carboxylic acids is 1. The van der Waals surface area contributed by atoms with Crippen molar-refractivity contribution in [2.75, 3.05) is 13.1 Å². The molecule has 0 bridgehead atoms. The number of nitrogens with two attached hydrogens (primary N) is 1. The lowest BCUT2D eigenvalue weighted by Crippen LogP contribution is -2.87. The molecule has 0 spiro atoms. The number of nitrogens with one attached hydrogen (secondary N) is 1. The average molecular weight is 332 g/mol. The molecule has 0 aliphatic rings. The second-order valence-corrected chi connectivity index (χ2v) is 6.18. The maximum Gasteiger partial charge on any atom is 0.275 e. The molecule has 2 aromatic rings. The lowest BCUT2D eigenvalue weighted by Gasteiger charge is -2.12. The van der Waals surface area contributed by atoms with Gasteiger partial charge in [-0.3, -0.25) is 4.79 Å². The van der Waals surface area contributed by atoms with Crippen molar-refractivity contribution in [1.29, 1.82) is 0 Å². The molecule has 0 radical (unpaired) electrons. The minimum absolute atomic E-state index is 0.0532. The number of quaternary nitrogens is 1. The Kier molecular flexibility index (Phi) is 6.63. The molecule has 122 valence electrons. The van der Waals surface area contributed by atoms with Crippen LogP contribution in [0.4, 0.5) is 0 Å². The van der Waals surface area contributed by atoms with Crippen LogP contribution >= 0.6 is 11.6 Å². The van der Waals surface area contributed by atoms with Crippen LogP contribution in [-0.4, -0.2) is 19.0 Å². The Labute approximate surface area is 143 Å². The Hall–Kier alpha value is -1.84. The Morgan fingerprint density at radius 2 is 1.87 bits per heavy atom. The second kappa shape index (κ2) is 8.70. The molecule has 2 rings (SSSR count). The van der Waals surface area contributed by atoms with Crippen molar-refractivity contribution < 1.29 is 10.1 Å². The van der Waals surface area contributed by atoms with Crippen LogP contribution in [0.5, 0.6) is 0 Å². The zero-order valence-corrected chi connectivity index (χ0v) is 14.4. The van der Waals surface area contributed by atoms with Gasteiger partial charge < -0.3 is 10.6 Å². The van der Waals surface area contributed by atoms with Crippen molar-refractivity contribution in [3.63, 3.8) is 0 Å². The number of carbonyl (C=O) groups is 1. The third kappa shape index (κ3) is 5.38. The Morgan fingerprint density at radius 1 is 1.17 bits per heavy atom. The summed E-state index contributed by atoms with van der Waals surface area (Å²) in [5, 5.41) is 5.73. The van der Waals surface area contributed by atoms with Gasteiger partial charge in [-0.25, -0.2) is 0 Å². The molecule has 0 aliphatic carbocycles. The first-order valence-corrected chi connectivity index (χ1v) is 8.34. The zero-order chi connectivity index (χ0) is 16.7. The van der Waals surface area contributed by atoms with Crippen molar-refractivity contribution in [3.8, 4) is 0 Å². The molecule has 2 aromatic carbocycles. The van der Waals surface area contributed by atoms with Crippen molar-refractivity contribution in [3.05, 3.63) is 70.2 Å². The molecule has 0 heterocycles. The first-order valence-electron chi connectivity index (χ1n) is 7.97. The van der Waals surface area contributed by atoms with Gasteiger partial charge in [0.05, 0.1) is 0 Å². The van der Waals surface area contributed by atoms with Gasteiger partial charge in [0.2, 0.25) is 0 Å². The summed E-state index contributed by atoms with van der Waals surface area (Å²) in [5.74, 6) is 0.0532. The van der Waals surface area contributed by atoms with E-state index in [-0.39, 0.29) is 11.9 Å². The molecular weight excluding hydrogens is 308 g/mol. The first-order chi connectivity index (χ1) is 11.1. The third-order valence-corrected chi connectivity index (χ3v) is 4.37. The van der Waals surface area contributed by atoms with E-state index in [9.17, 15) is 4.79 Å². The summed E-state index contributed by atoms with van der Waals surface area (Å²) >= 11 is 6.18.